The number of hydrogen-bond acceptors (Lipinski definition) is 2. The number of nitrogens with two attached hydrogens (primary N) is 1. The molecule has 1 aromatic carbocycles. The summed E-state index contributed by atoms with van der Waals surface area (Å²) in [5.74, 6) is 0.176. The van der Waals surface area contributed by atoms with Gasteiger partial charge in [0, 0.05) is 19.0 Å². The smallest absolute Gasteiger partial charge is 0.221 e. The van der Waals surface area contributed by atoms with Gasteiger partial charge in [-0.2, -0.15) is 0 Å². The van der Waals surface area contributed by atoms with Crippen LogP contribution in [0.25, 0.3) is 0 Å². The molecule has 0 radical (unpaired) electrons. The first kappa shape index (κ1) is 12.0. The van der Waals surface area contributed by atoms with Gasteiger partial charge in [-0.1, -0.05) is 12.1 Å². The van der Waals surface area contributed by atoms with Crippen molar-refractivity contribution in [2.45, 2.75) is 31.8 Å². The Labute approximate surface area is 100 Å². The first-order valence-corrected chi connectivity index (χ1v) is 5.92. The second kappa shape index (κ2) is 5.27. The third-order valence-electron chi connectivity index (χ3n) is 3.03. The van der Waals surface area contributed by atoms with Gasteiger partial charge in [-0.25, -0.2) is 4.39 Å². The molecule has 92 valence electrons. The Balaban J connectivity index is 1.75. The minimum atomic E-state index is -0.286. The van der Waals surface area contributed by atoms with Crippen molar-refractivity contribution >= 4 is 5.91 Å². The number of carbonyl (C=O) groups excluding carboxylic acids is 1. The average Bonchev–Trinajstić information content (AvgIpc) is 3.10. The van der Waals surface area contributed by atoms with Crippen LogP contribution in [0.15, 0.2) is 24.3 Å². The summed E-state index contributed by atoms with van der Waals surface area (Å²) in [6.07, 6.45) is 2.64. The van der Waals surface area contributed by atoms with Gasteiger partial charge in [0.1, 0.15) is 5.82 Å². The van der Waals surface area contributed by atoms with Crippen LogP contribution in [0.4, 0.5) is 4.39 Å². The van der Waals surface area contributed by atoms with Crippen molar-refractivity contribution in [2.75, 3.05) is 0 Å². The van der Waals surface area contributed by atoms with E-state index in [-0.39, 0.29) is 17.8 Å². The summed E-state index contributed by atoms with van der Waals surface area (Å²) in [6.45, 7) is 0.355. The lowest BCUT2D eigenvalue weighted by Crippen LogP contribution is -2.32. The molecular weight excluding hydrogens is 219 g/mol. The van der Waals surface area contributed by atoms with Gasteiger partial charge >= 0.3 is 0 Å². The Bertz CT molecular complexity index is 404. The van der Waals surface area contributed by atoms with E-state index in [0.717, 1.165) is 18.4 Å². The van der Waals surface area contributed by atoms with E-state index < -0.39 is 0 Å². The molecule has 0 spiro atoms. The van der Waals surface area contributed by atoms with E-state index in [9.17, 15) is 9.18 Å². The Hall–Kier alpha value is -1.42. The van der Waals surface area contributed by atoms with Gasteiger partial charge < -0.3 is 11.1 Å². The summed E-state index contributed by atoms with van der Waals surface area (Å²) in [6, 6.07) is 6.19. The van der Waals surface area contributed by atoms with Crippen LogP contribution in [0.1, 0.15) is 24.8 Å². The Morgan fingerprint density at radius 3 is 2.94 bits per heavy atom. The van der Waals surface area contributed by atoms with Crippen molar-refractivity contribution < 1.29 is 9.18 Å². The van der Waals surface area contributed by atoms with Crippen LogP contribution in [-0.2, 0) is 11.3 Å². The van der Waals surface area contributed by atoms with E-state index in [0.29, 0.717) is 18.9 Å². The first-order chi connectivity index (χ1) is 8.15. The SMILES string of the molecule is NC(CC(=O)NCc1cccc(F)c1)C1CC1. The molecule has 1 atom stereocenters. The van der Waals surface area contributed by atoms with Crippen molar-refractivity contribution in [1.82, 2.24) is 5.32 Å². The number of benzene rings is 1. The maximum atomic E-state index is 12.9. The highest BCUT2D eigenvalue weighted by Crippen LogP contribution is 2.32. The monoisotopic (exact) mass is 236 g/mol. The van der Waals surface area contributed by atoms with Crippen molar-refractivity contribution in [2.24, 2.45) is 11.7 Å². The first-order valence-electron chi connectivity index (χ1n) is 5.92. The Morgan fingerprint density at radius 1 is 1.53 bits per heavy atom. The normalized spacial score (nSPS) is 16.6. The summed E-state index contributed by atoms with van der Waals surface area (Å²) in [7, 11) is 0. The maximum Gasteiger partial charge on any atom is 0.221 e. The molecule has 17 heavy (non-hydrogen) atoms. The van der Waals surface area contributed by atoms with E-state index in [1.807, 2.05) is 0 Å². The Morgan fingerprint density at radius 2 is 2.29 bits per heavy atom. The van der Waals surface area contributed by atoms with Crippen LogP contribution in [0.5, 0.6) is 0 Å². The molecule has 0 aliphatic heterocycles. The van der Waals surface area contributed by atoms with E-state index in [2.05, 4.69) is 5.32 Å². The molecule has 0 aromatic heterocycles. The van der Waals surface area contributed by atoms with Gasteiger partial charge in [0.2, 0.25) is 5.91 Å². The van der Waals surface area contributed by atoms with Crippen LogP contribution in [0.2, 0.25) is 0 Å². The highest BCUT2D eigenvalue weighted by atomic mass is 19.1. The molecule has 1 amide bonds. The third-order valence-corrected chi connectivity index (χ3v) is 3.03. The average molecular weight is 236 g/mol. The minimum Gasteiger partial charge on any atom is -0.352 e. The van der Waals surface area contributed by atoms with Gasteiger partial charge in [0.25, 0.3) is 0 Å². The summed E-state index contributed by atoms with van der Waals surface area (Å²) in [4.78, 5) is 11.6. The summed E-state index contributed by atoms with van der Waals surface area (Å²) in [5.41, 5.74) is 6.61. The van der Waals surface area contributed by atoms with Crippen LogP contribution in [0, 0.1) is 11.7 Å². The topological polar surface area (TPSA) is 55.1 Å². The quantitative estimate of drug-likeness (QED) is 0.815. The third kappa shape index (κ3) is 3.82. The number of carbonyl (C=O) groups is 1. The lowest BCUT2D eigenvalue weighted by Gasteiger charge is -2.10. The molecule has 1 aromatic rings. The molecule has 1 aliphatic carbocycles. The highest BCUT2D eigenvalue weighted by Gasteiger charge is 2.29. The lowest BCUT2D eigenvalue weighted by molar-refractivity contribution is -0.121. The van der Waals surface area contributed by atoms with Crippen molar-refractivity contribution in [3.63, 3.8) is 0 Å². The minimum absolute atomic E-state index is 0.0255. The van der Waals surface area contributed by atoms with Crippen molar-refractivity contribution in [3.05, 3.63) is 35.6 Å². The zero-order valence-electron chi connectivity index (χ0n) is 9.66. The van der Waals surface area contributed by atoms with Gasteiger partial charge in [-0.3, -0.25) is 4.79 Å². The number of hydrogen-bond donors (Lipinski definition) is 2. The fourth-order valence-corrected chi connectivity index (χ4v) is 1.82. The molecule has 0 bridgehead atoms. The van der Waals surface area contributed by atoms with Crippen LogP contribution in [0.3, 0.4) is 0 Å². The highest BCUT2D eigenvalue weighted by molar-refractivity contribution is 5.76. The summed E-state index contributed by atoms with van der Waals surface area (Å²) in [5, 5.41) is 2.75. The fourth-order valence-electron chi connectivity index (χ4n) is 1.82. The second-order valence-corrected chi connectivity index (χ2v) is 4.61. The standard InChI is InChI=1S/C13H17FN2O/c14-11-3-1-2-9(6-11)8-16-13(17)7-12(15)10-4-5-10/h1-3,6,10,12H,4-5,7-8,15H2,(H,16,17). The molecule has 0 heterocycles. The van der Waals surface area contributed by atoms with Crippen LogP contribution >= 0.6 is 0 Å². The number of halogens is 1. The molecule has 3 N–H and O–H groups in total. The van der Waals surface area contributed by atoms with Crippen LogP contribution in [-0.4, -0.2) is 11.9 Å². The number of rotatable bonds is 5. The molecular formula is C13H17FN2O. The molecule has 0 saturated heterocycles. The predicted molar refractivity (Wildman–Crippen MR) is 63.6 cm³/mol. The van der Waals surface area contributed by atoms with Gasteiger partial charge in [0.05, 0.1) is 0 Å². The van der Waals surface area contributed by atoms with Gasteiger partial charge in [-0.15, -0.1) is 0 Å². The van der Waals surface area contributed by atoms with E-state index in [1.165, 1.54) is 12.1 Å². The predicted octanol–water partition coefficient (Wildman–Crippen LogP) is 1.57. The Kier molecular flexibility index (Phi) is 3.74. The molecule has 2 rings (SSSR count). The summed E-state index contributed by atoms with van der Waals surface area (Å²) < 4.78 is 12.9. The molecule has 1 unspecified atom stereocenters. The molecule has 4 heteroatoms. The molecule has 1 fully saturated rings. The van der Waals surface area contributed by atoms with E-state index in [4.69, 9.17) is 5.73 Å². The molecule has 1 aliphatic rings. The largest absolute Gasteiger partial charge is 0.352 e. The zero-order valence-corrected chi connectivity index (χ0v) is 9.66. The second-order valence-electron chi connectivity index (χ2n) is 4.61. The van der Waals surface area contributed by atoms with Crippen molar-refractivity contribution in [1.29, 1.82) is 0 Å². The fraction of sp³-hybridized carbons (Fsp3) is 0.462. The number of amides is 1. The maximum absolute atomic E-state index is 12.9. The molecule has 3 nitrogen and oxygen atoms in total. The van der Waals surface area contributed by atoms with E-state index in [1.54, 1.807) is 12.1 Å². The van der Waals surface area contributed by atoms with Crippen LogP contribution < -0.4 is 11.1 Å². The lowest BCUT2D eigenvalue weighted by atomic mass is 10.1. The van der Waals surface area contributed by atoms with Crippen molar-refractivity contribution in [3.8, 4) is 0 Å². The molecule has 1 saturated carbocycles. The van der Waals surface area contributed by atoms with E-state index >= 15 is 0 Å². The summed E-state index contributed by atoms with van der Waals surface area (Å²) >= 11 is 0. The number of nitrogens with one attached hydrogen (secondary N) is 1. The van der Waals surface area contributed by atoms with Gasteiger partial charge in [0.15, 0.2) is 0 Å². The van der Waals surface area contributed by atoms with Gasteiger partial charge in [-0.05, 0) is 36.5 Å². The zero-order chi connectivity index (χ0) is 12.3.